The maximum atomic E-state index is 13.4. The zero-order valence-corrected chi connectivity index (χ0v) is 15.9. The molecular formula is C20H13F3N6O2. The van der Waals surface area contributed by atoms with E-state index in [-0.39, 0.29) is 21.4 Å². The van der Waals surface area contributed by atoms with Crippen molar-refractivity contribution in [1.29, 1.82) is 0 Å². The fourth-order valence-electron chi connectivity index (χ4n) is 3.37. The van der Waals surface area contributed by atoms with E-state index in [9.17, 15) is 18.0 Å². The zero-order valence-electron chi connectivity index (χ0n) is 15.9. The van der Waals surface area contributed by atoms with E-state index < -0.39 is 12.0 Å². The number of aromatic nitrogens is 6. The van der Waals surface area contributed by atoms with E-state index in [0.717, 1.165) is 4.57 Å². The molecule has 0 saturated carbocycles. The molecule has 4 heterocycles. The minimum Gasteiger partial charge on any atom is -0.425 e. The van der Waals surface area contributed by atoms with Crippen LogP contribution in [0, 0.1) is 0 Å². The van der Waals surface area contributed by atoms with Crippen LogP contribution in [0.3, 0.4) is 0 Å². The molecule has 5 aromatic rings. The van der Waals surface area contributed by atoms with Crippen LogP contribution >= 0.6 is 0 Å². The Morgan fingerprint density at radius 1 is 0.935 bits per heavy atom. The topological polar surface area (TPSA) is 79.8 Å². The van der Waals surface area contributed by atoms with Crippen molar-refractivity contribution in [1.82, 2.24) is 28.7 Å². The van der Waals surface area contributed by atoms with Gasteiger partial charge in [0, 0.05) is 19.4 Å². The summed E-state index contributed by atoms with van der Waals surface area (Å²) in [6.07, 6.45) is -1.90. The van der Waals surface area contributed by atoms with Crippen LogP contribution in [0.25, 0.3) is 28.0 Å². The summed E-state index contributed by atoms with van der Waals surface area (Å²) in [6.45, 7) is 0. The van der Waals surface area contributed by atoms with E-state index in [2.05, 4.69) is 15.0 Å². The Balaban J connectivity index is 1.55. The minimum absolute atomic E-state index is 0.0973. The Kier molecular flexibility index (Phi) is 4.07. The van der Waals surface area contributed by atoms with E-state index in [1.165, 1.54) is 42.6 Å². The molecule has 0 aliphatic rings. The summed E-state index contributed by atoms with van der Waals surface area (Å²) >= 11 is 0. The highest BCUT2D eigenvalue weighted by Gasteiger charge is 2.36. The van der Waals surface area contributed by atoms with Crippen LogP contribution in [0.5, 0.6) is 11.8 Å². The van der Waals surface area contributed by atoms with Gasteiger partial charge in [0.2, 0.25) is 0 Å². The first-order valence-corrected chi connectivity index (χ1v) is 9.06. The summed E-state index contributed by atoms with van der Waals surface area (Å²) in [5.74, 6) is 0.391. The van der Waals surface area contributed by atoms with Crippen LogP contribution in [0.15, 0.2) is 65.7 Å². The van der Waals surface area contributed by atoms with Gasteiger partial charge >= 0.3 is 18.0 Å². The normalized spacial score (nSPS) is 12.0. The van der Waals surface area contributed by atoms with Crippen molar-refractivity contribution < 1.29 is 17.9 Å². The number of hydrogen-bond acceptors (Lipinski definition) is 5. The lowest BCUT2D eigenvalue weighted by molar-refractivity contribution is -0.203. The lowest BCUT2D eigenvalue weighted by Crippen LogP contribution is -2.31. The molecule has 1 aromatic carbocycles. The SMILES string of the molecule is Cn1c(Oc2ccc(-n3c(=O)n(C(F)(F)F)c4cccnc43)cc2)nc2cccnc21. The molecule has 0 unspecified atom stereocenters. The fraction of sp³-hybridized carbons (Fsp3) is 0.100. The second-order valence-electron chi connectivity index (χ2n) is 6.66. The predicted molar refractivity (Wildman–Crippen MR) is 105 cm³/mol. The first kappa shape index (κ1) is 18.9. The Bertz CT molecular complexity index is 1480. The molecule has 31 heavy (non-hydrogen) atoms. The van der Waals surface area contributed by atoms with Crippen LogP contribution in [-0.4, -0.2) is 28.7 Å². The fourth-order valence-corrected chi connectivity index (χ4v) is 3.37. The van der Waals surface area contributed by atoms with E-state index in [1.807, 2.05) is 0 Å². The van der Waals surface area contributed by atoms with Crippen LogP contribution in [0.1, 0.15) is 0 Å². The molecule has 11 heteroatoms. The van der Waals surface area contributed by atoms with E-state index in [1.54, 1.807) is 29.9 Å². The van der Waals surface area contributed by atoms with Gasteiger partial charge in [-0.25, -0.2) is 19.3 Å². The van der Waals surface area contributed by atoms with Crippen molar-refractivity contribution in [2.45, 2.75) is 6.30 Å². The molecule has 0 atom stereocenters. The number of aryl methyl sites for hydroxylation is 1. The molecule has 0 aliphatic carbocycles. The van der Waals surface area contributed by atoms with Gasteiger partial charge in [0.05, 0.1) is 11.2 Å². The van der Waals surface area contributed by atoms with Gasteiger partial charge in [-0.2, -0.15) is 9.55 Å². The zero-order chi connectivity index (χ0) is 21.8. The van der Waals surface area contributed by atoms with Crippen LogP contribution < -0.4 is 10.4 Å². The summed E-state index contributed by atoms with van der Waals surface area (Å²) in [5, 5.41) is 0. The quantitative estimate of drug-likeness (QED) is 0.439. The third-order valence-electron chi connectivity index (χ3n) is 4.75. The highest BCUT2D eigenvalue weighted by Crippen LogP contribution is 2.28. The summed E-state index contributed by atoms with van der Waals surface area (Å²) in [5.41, 5.74) is -0.152. The van der Waals surface area contributed by atoms with Crippen LogP contribution in [0.2, 0.25) is 0 Å². The molecule has 4 aromatic heterocycles. The number of nitrogens with zero attached hydrogens (tertiary/aromatic N) is 6. The third kappa shape index (κ3) is 3.01. The highest BCUT2D eigenvalue weighted by atomic mass is 19.4. The van der Waals surface area contributed by atoms with Crippen molar-refractivity contribution in [3.8, 4) is 17.4 Å². The number of benzene rings is 1. The van der Waals surface area contributed by atoms with Gasteiger partial charge in [0.1, 0.15) is 11.3 Å². The molecule has 0 amide bonds. The second-order valence-corrected chi connectivity index (χ2v) is 6.66. The number of hydrogen-bond donors (Lipinski definition) is 0. The summed E-state index contributed by atoms with van der Waals surface area (Å²) < 4.78 is 48.4. The Morgan fingerprint density at radius 2 is 1.61 bits per heavy atom. The minimum atomic E-state index is -4.87. The molecule has 5 rings (SSSR count). The average Bonchev–Trinajstić information content (AvgIpc) is 3.22. The summed E-state index contributed by atoms with van der Waals surface area (Å²) in [6, 6.07) is 12.4. The monoisotopic (exact) mass is 426 g/mol. The van der Waals surface area contributed by atoms with Gasteiger partial charge < -0.3 is 4.74 Å². The maximum absolute atomic E-state index is 13.4. The lowest BCUT2D eigenvalue weighted by Gasteiger charge is -2.07. The van der Waals surface area contributed by atoms with Crippen molar-refractivity contribution >= 4 is 22.3 Å². The smallest absolute Gasteiger partial charge is 0.425 e. The molecule has 8 nitrogen and oxygen atoms in total. The van der Waals surface area contributed by atoms with Crippen LogP contribution in [0.4, 0.5) is 13.2 Å². The number of rotatable bonds is 3. The van der Waals surface area contributed by atoms with Gasteiger partial charge in [-0.15, -0.1) is 13.2 Å². The van der Waals surface area contributed by atoms with Crippen LogP contribution in [-0.2, 0) is 13.3 Å². The lowest BCUT2D eigenvalue weighted by atomic mass is 10.3. The Labute approximate surface area is 171 Å². The van der Waals surface area contributed by atoms with E-state index >= 15 is 0 Å². The largest absolute Gasteiger partial charge is 0.493 e. The number of halogens is 3. The molecule has 0 radical (unpaired) electrons. The molecule has 0 bridgehead atoms. The van der Waals surface area contributed by atoms with Gasteiger partial charge in [-0.05, 0) is 48.5 Å². The van der Waals surface area contributed by atoms with E-state index in [4.69, 9.17) is 4.74 Å². The first-order chi connectivity index (χ1) is 14.8. The third-order valence-corrected chi connectivity index (χ3v) is 4.75. The summed E-state index contributed by atoms with van der Waals surface area (Å²) in [7, 11) is 1.75. The second kappa shape index (κ2) is 6.69. The number of ether oxygens (including phenoxy) is 1. The van der Waals surface area contributed by atoms with Gasteiger partial charge in [0.15, 0.2) is 11.3 Å². The van der Waals surface area contributed by atoms with Gasteiger partial charge in [0.25, 0.3) is 0 Å². The first-order valence-electron chi connectivity index (χ1n) is 9.06. The van der Waals surface area contributed by atoms with Gasteiger partial charge in [-0.3, -0.25) is 4.57 Å². The molecule has 0 N–H and O–H groups in total. The van der Waals surface area contributed by atoms with Gasteiger partial charge in [-0.1, -0.05) is 0 Å². The molecule has 156 valence electrons. The van der Waals surface area contributed by atoms with E-state index in [0.29, 0.717) is 22.9 Å². The molecule has 0 saturated heterocycles. The average molecular weight is 426 g/mol. The molecular weight excluding hydrogens is 413 g/mol. The number of alkyl halides is 3. The molecule has 0 spiro atoms. The highest BCUT2D eigenvalue weighted by molar-refractivity contribution is 5.74. The predicted octanol–water partition coefficient (Wildman–Crippen LogP) is 3.74. The maximum Gasteiger partial charge on any atom is 0.493 e. The number of pyridine rings is 2. The van der Waals surface area contributed by atoms with Crippen molar-refractivity contribution in [2.24, 2.45) is 7.05 Å². The Hall–Kier alpha value is -4.15. The van der Waals surface area contributed by atoms with Crippen molar-refractivity contribution in [3.05, 3.63) is 71.4 Å². The van der Waals surface area contributed by atoms with Crippen molar-refractivity contribution in [3.63, 3.8) is 0 Å². The Morgan fingerprint density at radius 3 is 2.29 bits per heavy atom. The molecule has 0 fully saturated rings. The number of imidazole rings is 2. The number of fused-ring (bicyclic) bond motifs is 2. The van der Waals surface area contributed by atoms with Crippen molar-refractivity contribution in [2.75, 3.05) is 0 Å². The summed E-state index contributed by atoms with van der Waals surface area (Å²) in [4.78, 5) is 25.1. The molecule has 0 aliphatic heterocycles. The standard InChI is InChI=1S/C20H13F3N6O2/c1-27-16-14(4-2-10-24-16)26-18(27)31-13-8-6-12(7-9-13)28-17-15(5-3-11-25-17)29(19(28)30)20(21,22)23/h2-11H,1H3.